The summed E-state index contributed by atoms with van der Waals surface area (Å²) in [6.45, 7) is 0.315. The number of rotatable bonds is 1. The number of hydrogen-bond acceptors (Lipinski definition) is 2. The zero-order chi connectivity index (χ0) is 13.2. The normalized spacial score (nSPS) is 18.4. The van der Waals surface area contributed by atoms with Crippen molar-refractivity contribution in [2.24, 2.45) is 0 Å². The van der Waals surface area contributed by atoms with Gasteiger partial charge in [-0.3, -0.25) is 10.1 Å². The lowest BCUT2D eigenvalue weighted by molar-refractivity contribution is -0.115. The average molecular weight is 317 g/mol. The lowest BCUT2D eigenvalue weighted by Gasteiger charge is -2.18. The summed E-state index contributed by atoms with van der Waals surface area (Å²) in [6.07, 6.45) is 0. The van der Waals surface area contributed by atoms with Gasteiger partial charge in [0, 0.05) is 10.2 Å². The van der Waals surface area contributed by atoms with Crippen molar-refractivity contribution in [3.63, 3.8) is 0 Å². The SMILES string of the molecule is O=C1CN[C@H](c2ccc(Br)cc2)c2ccccc2N1. The minimum atomic E-state index is -0.00735. The first-order valence-electron chi connectivity index (χ1n) is 6.11. The minimum Gasteiger partial charge on any atom is -0.325 e. The maximum absolute atomic E-state index is 11.7. The zero-order valence-corrected chi connectivity index (χ0v) is 11.8. The third kappa shape index (κ3) is 2.55. The van der Waals surface area contributed by atoms with Crippen LogP contribution in [0, 0.1) is 0 Å². The maximum Gasteiger partial charge on any atom is 0.238 e. The highest BCUT2D eigenvalue weighted by Crippen LogP contribution is 2.30. The molecule has 1 aliphatic heterocycles. The summed E-state index contributed by atoms with van der Waals surface area (Å²) < 4.78 is 1.05. The molecule has 2 N–H and O–H groups in total. The number of carbonyl (C=O) groups excluding carboxylic acids is 1. The molecule has 4 heteroatoms. The van der Waals surface area contributed by atoms with Crippen LogP contribution in [0.25, 0.3) is 0 Å². The minimum absolute atomic E-state index is 0.00735. The summed E-state index contributed by atoms with van der Waals surface area (Å²) in [6, 6.07) is 16.1. The lowest BCUT2D eigenvalue weighted by Crippen LogP contribution is -2.27. The van der Waals surface area contributed by atoms with Crippen molar-refractivity contribution >= 4 is 27.5 Å². The van der Waals surface area contributed by atoms with Crippen LogP contribution in [0.4, 0.5) is 5.69 Å². The molecule has 1 aliphatic rings. The molecule has 0 radical (unpaired) electrons. The molecule has 0 saturated heterocycles. The topological polar surface area (TPSA) is 41.1 Å². The van der Waals surface area contributed by atoms with Gasteiger partial charge in [0.2, 0.25) is 5.91 Å². The molecular weight excluding hydrogens is 304 g/mol. The van der Waals surface area contributed by atoms with E-state index in [-0.39, 0.29) is 11.9 Å². The second-order valence-corrected chi connectivity index (χ2v) is 5.42. The fourth-order valence-corrected chi connectivity index (χ4v) is 2.58. The number of anilines is 1. The maximum atomic E-state index is 11.7. The molecule has 0 aliphatic carbocycles. The van der Waals surface area contributed by atoms with Crippen LogP contribution < -0.4 is 10.6 Å². The Labute approximate surface area is 120 Å². The van der Waals surface area contributed by atoms with E-state index in [1.165, 1.54) is 0 Å². The molecule has 1 amide bonds. The van der Waals surface area contributed by atoms with E-state index in [9.17, 15) is 4.79 Å². The van der Waals surface area contributed by atoms with Gasteiger partial charge in [0.15, 0.2) is 0 Å². The third-order valence-electron chi connectivity index (χ3n) is 3.22. The smallest absolute Gasteiger partial charge is 0.238 e. The number of para-hydroxylation sites is 1. The van der Waals surface area contributed by atoms with Crippen LogP contribution in [0.5, 0.6) is 0 Å². The van der Waals surface area contributed by atoms with Crippen molar-refractivity contribution in [1.29, 1.82) is 0 Å². The molecule has 1 atom stereocenters. The second-order valence-electron chi connectivity index (χ2n) is 4.50. The highest BCUT2D eigenvalue weighted by molar-refractivity contribution is 9.10. The van der Waals surface area contributed by atoms with Crippen molar-refractivity contribution in [2.75, 3.05) is 11.9 Å². The first-order chi connectivity index (χ1) is 9.24. The van der Waals surface area contributed by atoms with E-state index in [1.807, 2.05) is 36.4 Å². The van der Waals surface area contributed by atoms with Crippen LogP contribution in [0.2, 0.25) is 0 Å². The monoisotopic (exact) mass is 316 g/mol. The largest absolute Gasteiger partial charge is 0.325 e. The molecule has 3 rings (SSSR count). The quantitative estimate of drug-likeness (QED) is 0.849. The predicted octanol–water partition coefficient (Wildman–Crippen LogP) is 3.08. The molecule has 3 nitrogen and oxygen atoms in total. The number of benzene rings is 2. The second kappa shape index (κ2) is 5.15. The molecule has 96 valence electrons. The molecule has 0 fully saturated rings. The van der Waals surface area contributed by atoms with Gasteiger partial charge in [-0.05, 0) is 29.3 Å². The van der Waals surface area contributed by atoms with Gasteiger partial charge in [-0.2, -0.15) is 0 Å². The molecule has 0 spiro atoms. The van der Waals surface area contributed by atoms with E-state index in [1.54, 1.807) is 0 Å². The molecule has 0 unspecified atom stereocenters. The summed E-state index contributed by atoms with van der Waals surface area (Å²) in [7, 11) is 0. The van der Waals surface area contributed by atoms with E-state index in [0.717, 1.165) is 21.3 Å². The summed E-state index contributed by atoms with van der Waals surface area (Å²) in [5.74, 6) is -0.00735. The van der Waals surface area contributed by atoms with Gasteiger partial charge in [0.25, 0.3) is 0 Å². The number of amides is 1. The fraction of sp³-hybridized carbons (Fsp3) is 0.133. The number of carbonyl (C=O) groups is 1. The van der Waals surface area contributed by atoms with E-state index in [2.05, 4.69) is 38.7 Å². The van der Waals surface area contributed by atoms with Crippen LogP contribution in [0.1, 0.15) is 17.2 Å². The molecule has 19 heavy (non-hydrogen) atoms. The summed E-state index contributed by atoms with van der Waals surface area (Å²) >= 11 is 3.44. The van der Waals surface area contributed by atoms with Gasteiger partial charge in [-0.25, -0.2) is 0 Å². The molecule has 0 bridgehead atoms. The van der Waals surface area contributed by atoms with Crippen LogP contribution >= 0.6 is 15.9 Å². The van der Waals surface area contributed by atoms with E-state index in [4.69, 9.17) is 0 Å². The Kier molecular flexibility index (Phi) is 3.36. The average Bonchev–Trinajstić information content (AvgIpc) is 2.58. The van der Waals surface area contributed by atoms with Gasteiger partial charge in [0.1, 0.15) is 0 Å². The first-order valence-corrected chi connectivity index (χ1v) is 6.91. The van der Waals surface area contributed by atoms with Crippen LogP contribution in [-0.4, -0.2) is 12.5 Å². The van der Waals surface area contributed by atoms with Gasteiger partial charge >= 0.3 is 0 Å². The van der Waals surface area contributed by atoms with Crippen molar-refractivity contribution in [2.45, 2.75) is 6.04 Å². The van der Waals surface area contributed by atoms with Crippen molar-refractivity contribution < 1.29 is 4.79 Å². The van der Waals surface area contributed by atoms with Crippen molar-refractivity contribution in [1.82, 2.24) is 5.32 Å². The number of nitrogens with one attached hydrogen (secondary N) is 2. The van der Waals surface area contributed by atoms with Crippen molar-refractivity contribution in [3.05, 3.63) is 64.1 Å². The van der Waals surface area contributed by atoms with Gasteiger partial charge in [-0.15, -0.1) is 0 Å². The zero-order valence-electron chi connectivity index (χ0n) is 10.2. The molecule has 1 heterocycles. The Morgan fingerprint density at radius 2 is 1.79 bits per heavy atom. The van der Waals surface area contributed by atoms with Crippen LogP contribution in [-0.2, 0) is 4.79 Å². The van der Waals surface area contributed by atoms with Crippen LogP contribution in [0.3, 0.4) is 0 Å². The highest BCUT2D eigenvalue weighted by atomic mass is 79.9. The van der Waals surface area contributed by atoms with E-state index < -0.39 is 0 Å². The Balaban J connectivity index is 2.06. The number of halogens is 1. The Hall–Kier alpha value is -1.65. The van der Waals surface area contributed by atoms with Gasteiger partial charge in [0.05, 0.1) is 12.6 Å². The Bertz CT molecular complexity index is 610. The van der Waals surface area contributed by atoms with Gasteiger partial charge < -0.3 is 5.32 Å². The predicted molar refractivity (Wildman–Crippen MR) is 79.1 cm³/mol. The summed E-state index contributed by atoms with van der Waals surface area (Å²) in [4.78, 5) is 11.7. The lowest BCUT2D eigenvalue weighted by atomic mass is 9.97. The molecular formula is C15H13BrN2O. The first kappa shape index (κ1) is 12.4. The Morgan fingerprint density at radius 1 is 1.05 bits per heavy atom. The van der Waals surface area contributed by atoms with Gasteiger partial charge in [-0.1, -0.05) is 46.3 Å². The summed E-state index contributed by atoms with van der Waals surface area (Å²) in [5, 5.41) is 6.22. The fourth-order valence-electron chi connectivity index (χ4n) is 2.31. The number of fused-ring (bicyclic) bond motifs is 1. The van der Waals surface area contributed by atoms with E-state index in [0.29, 0.717) is 6.54 Å². The third-order valence-corrected chi connectivity index (χ3v) is 3.74. The highest BCUT2D eigenvalue weighted by Gasteiger charge is 2.22. The molecule has 2 aromatic carbocycles. The standard InChI is InChI=1S/C15H13BrN2O/c16-11-7-5-10(6-8-11)15-12-3-1-2-4-13(12)18-14(19)9-17-15/h1-8,15,17H,9H2,(H,18,19)/t15-/m1/s1. The molecule has 2 aromatic rings. The molecule has 0 saturated carbocycles. The molecule has 0 aromatic heterocycles. The van der Waals surface area contributed by atoms with Crippen LogP contribution in [0.15, 0.2) is 53.0 Å². The van der Waals surface area contributed by atoms with Crippen molar-refractivity contribution in [3.8, 4) is 0 Å². The Morgan fingerprint density at radius 3 is 2.58 bits per heavy atom. The number of hydrogen-bond donors (Lipinski definition) is 2. The summed E-state index contributed by atoms with van der Waals surface area (Å²) in [5.41, 5.74) is 3.12. The van der Waals surface area contributed by atoms with E-state index >= 15 is 0 Å².